The van der Waals surface area contributed by atoms with Gasteiger partial charge in [0.2, 0.25) is 0 Å². The highest BCUT2D eigenvalue weighted by Gasteiger charge is 2.06. The lowest BCUT2D eigenvalue weighted by atomic mass is 10.1. The second kappa shape index (κ2) is 5.25. The molecule has 2 heterocycles. The molecule has 0 saturated heterocycles. The van der Waals surface area contributed by atoms with Crippen LogP contribution in [0.3, 0.4) is 0 Å². The third kappa shape index (κ3) is 2.45. The van der Waals surface area contributed by atoms with Crippen LogP contribution in [0.2, 0.25) is 0 Å². The van der Waals surface area contributed by atoms with E-state index in [2.05, 4.69) is 10.3 Å². The summed E-state index contributed by atoms with van der Waals surface area (Å²) >= 11 is 0. The Hall–Kier alpha value is -2.49. The zero-order chi connectivity index (χ0) is 13.9. The van der Waals surface area contributed by atoms with Gasteiger partial charge in [-0.2, -0.15) is 0 Å². The summed E-state index contributed by atoms with van der Waals surface area (Å²) in [4.78, 5) is 4.54. The smallest absolute Gasteiger partial charge is 0.122 e. The summed E-state index contributed by atoms with van der Waals surface area (Å²) < 4.78 is 10.6. The highest BCUT2D eigenvalue weighted by atomic mass is 16.5. The monoisotopic (exact) mass is 268 g/mol. The molecule has 0 spiro atoms. The number of aryl methyl sites for hydroxylation is 1. The van der Waals surface area contributed by atoms with Crippen LogP contribution in [0.15, 0.2) is 47.1 Å². The third-order valence-electron chi connectivity index (χ3n) is 3.18. The number of furan rings is 1. The molecule has 4 nitrogen and oxygen atoms in total. The first kappa shape index (κ1) is 12.5. The number of nitrogens with zero attached hydrogens (tertiary/aromatic N) is 1. The van der Waals surface area contributed by atoms with Gasteiger partial charge in [0, 0.05) is 16.8 Å². The highest BCUT2D eigenvalue weighted by Crippen LogP contribution is 2.27. The summed E-state index contributed by atoms with van der Waals surface area (Å²) in [6.45, 7) is 2.63. The molecule has 0 atom stereocenters. The lowest BCUT2D eigenvalue weighted by molar-refractivity contribution is 0.415. The Labute approximate surface area is 117 Å². The summed E-state index contributed by atoms with van der Waals surface area (Å²) in [6, 6.07) is 11.8. The Bertz CT molecular complexity index is 721. The molecule has 3 aromatic rings. The van der Waals surface area contributed by atoms with Crippen LogP contribution in [0.1, 0.15) is 11.5 Å². The van der Waals surface area contributed by atoms with Crippen LogP contribution < -0.4 is 10.1 Å². The van der Waals surface area contributed by atoms with Crippen LogP contribution in [0, 0.1) is 6.92 Å². The lowest BCUT2D eigenvalue weighted by Gasteiger charge is -2.11. The molecule has 4 heteroatoms. The van der Waals surface area contributed by atoms with Crippen LogP contribution in [0.5, 0.6) is 5.75 Å². The molecule has 0 aliphatic rings. The van der Waals surface area contributed by atoms with Crippen molar-refractivity contribution in [1.82, 2.24) is 4.98 Å². The zero-order valence-corrected chi connectivity index (χ0v) is 11.5. The van der Waals surface area contributed by atoms with E-state index in [9.17, 15) is 0 Å². The number of hydrogen-bond acceptors (Lipinski definition) is 4. The number of aromatic nitrogens is 1. The number of rotatable bonds is 4. The standard InChI is InChI=1S/C16H16N2O2/c1-11-8-16(17-10-13-4-3-7-20-13)14-9-12(19-2)5-6-15(14)18-11/h3-9H,10H2,1-2H3,(H,17,18). The molecule has 0 aliphatic carbocycles. The first-order valence-electron chi connectivity index (χ1n) is 6.48. The summed E-state index contributed by atoms with van der Waals surface area (Å²) in [5.41, 5.74) is 2.96. The van der Waals surface area contributed by atoms with Gasteiger partial charge >= 0.3 is 0 Å². The molecule has 0 amide bonds. The van der Waals surface area contributed by atoms with E-state index >= 15 is 0 Å². The number of ether oxygens (including phenoxy) is 1. The molecule has 0 aliphatic heterocycles. The number of nitrogens with one attached hydrogen (secondary N) is 1. The molecular formula is C16H16N2O2. The normalized spacial score (nSPS) is 10.7. The van der Waals surface area contributed by atoms with Crippen molar-refractivity contribution in [2.45, 2.75) is 13.5 Å². The van der Waals surface area contributed by atoms with Gasteiger partial charge < -0.3 is 14.5 Å². The van der Waals surface area contributed by atoms with E-state index in [0.717, 1.165) is 33.8 Å². The van der Waals surface area contributed by atoms with Gasteiger partial charge in [-0.05, 0) is 43.3 Å². The van der Waals surface area contributed by atoms with E-state index in [1.165, 1.54) is 0 Å². The van der Waals surface area contributed by atoms with Crippen molar-refractivity contribution in [3.63, 3.8) is 0 Å². The molecule has 1 aromatic carbocycles. The molecule has 0 unspecified atom stereocenters. The number of methoxy groups -OCH3 is 1. The fourth-order valence-electron chi connectivity index (χ4n) is 2.21. The minimum absolute atomic E-state index is 0.642. The van der Waals surface area contributed by atoms with Gasteiger partial charge in [0.15, 0.2) is 0 Å². The van der Waals surface area contributed by atoms with Gasteiger partial charge in [-0.1, -0.05) is 0 Å². The maximum Gasteiger partial charge on any atom is 0.122 e. The second-order valence-electron chi connectivity index (χ2n) is 4.63. The Kier molecular flexibility index (Phi) is 3.29. The molecule has 3 rings (SSSR count). The van der Waals surface area contributed by atoms with Crippen molar-refractivity contribution in [2.24, 2.45) is 0 Å². The maximum atomic E-state index is 5.34. The predicted octanol–water partition coefficient (Wildman–Crippen LogP) is 3.76. The topological polar surface area (TPSA) is 47.3 Å². The minimum Gasteiger partial charge on any atom is -0.497 e. The van der Waals surface area contributed by atoms with Gasteiger partial charge in [-0.3, -0.25) is 4.98 Å². The second-order valence-corrected chi connectivity index (χ2v) is 4.63. The van der Waals surface area contributed by atoms with Gasteiger partial charge in [0.05, 0.1) is 25.4 Å². The van der Waals surface area contributed by atoms with Gasteiger partial charge in [-0.25, -0.2) is 0 Å². The van der Waals surface area contributed by atoms with Crippen molar-refractivity contribution in [3.05, 3.63) is 54.1 Å². The number of anilines is 1. The van der Waals surface area contributed by atoms with E-state index in [-0.39, 0.29) is 0 Å². The Morgan fingerprint density at radius 3 is 2.90 bits per heavy atom. The Balaban J connectivity index is 1.98. The summed E-state index contributed by atoms with van der Waals surface area (Å²) in [6.07, 6.45) is 1.68. The Morgan fingerprint density at radius 1 is 1.25 bits per heavy atom. The molecular weight excluding hydrogens is 252 g/mol. The summed E-state index contributed by atoms with van der Waals surface area (Å²) in [5, 5.41) is 4.44. The molecule has 2 aromatic heterocycles. The van der Waals surface area contributed by atoms with Crippen LogP contribution in [-0.2, 0) is 6.54 Å². The van der Waals surface area contributed by atoms with Gasteiger partial charge in [-0.15, -0.1) is 0 Å². The molecule has 102 valence electrons. The van der Waals surface area contributed by atoms with Crippen LogP contribution in [0.25, 0.3) is 10.9 Å². The van der Waals surface area contributed by atoms with E-state index in [4.69, 9.17) is 9.15 Å². The summed E-state index contributed by atoms with van der Waals surface area (Å²) in [5.74, 6) is 1.72. The SMILES string of the molecule is COc1ccc2nc(C)cc(NCc3ccco3)c2c1. The van der Waals surface area contributed by atoms with Crippen molar-refractivity contribution in [1.29, 1.82) is 0 Å². The number of benzene rings is 1. The van der Waals surface area contributed by atoms with E-state index in [0.29, 0.717) is 6.54 Å². The third-order valence-corrected chi connectivity index (χ3v) is 3.18. The largest absolute Gasteiger partial charge is 0.497 e. The zero-order valence-electron chi connectivity index (χ0n) is 11.5. The van der Waals surface area contributed by atoms with Crippen molar-refractivity contribution < 1.29 is 9.15 Å². The average Bonchev–Trinajstić information content (AvgIpc) is 2.97. The van der Waals surface area contributed by atoms with Gasteiger partial charge in [0.1, 0.15) is 11.5 Å². The first-order valence-corrected chi connectivity index (χ1v) is 6.48. The molecule has 0 fully saturated rings. The van der Waals surface area contributed by atoms with E-state index in [1.807, 2.05) is 43.3 Å². The number of hydrogen-bond donors (Lipinski definition) is 1. The van der Waals surface area contributed by atoms with Crippen molar-refractivity contribution in [2.75, 3.05) is 12.4 Å². The minimum atomic E-state index is 0.642. The molecule has 0 radical (unpaired) electrons. The van der Waals surface area contributed by atoms with Crippen molar-refractivity contribution in [3.8, 4) is 5.75 Å². The van der Waals surface area contributed by atoms with Crippen LogP contribution in [-0.4, -0.2) is 12.1 Å². The molecule has 0 bridgehead atoms. The van der Waals surface area contributed by atoms with Crippen molar-refractivity contribution >= 4 is 16.6 Å². The molecule has 0 saturated carbocycles. The predicted molar refractivity (Wildman–Crippen MR) is 79.1 cm³/mol. The molecule has 20 heavy (non-hydrogen) atoms. The fraction of sp³-hybridized carbons (Fsp3) is 0.188. The quantitative estimate of drug-likeness (QED) is 0.782. The Morgan fingerprint density at radius 2 is 2.15 bits per heavy atom. The highest BCUT2D eigenvalue weighted by molar-refractivity contribution is 5.92. The van der Waals surface area contributed by atoms with Gasteiger partial charge in [0.25, 0.3) is 0 Å². The van der Waals surface area contributed by atoms with Crippen LogP contribution >= 0.6 is 0 Å². The van der Waals surface area contributed by atoms with E-state index in [1.54, 1.807) is 13.4 Å². The number of fused-ring (bicyclic) bond motifs is 1. The van der Waals surface area contributed by atoms with E-state index < -0.39 is 0 Å². The van der Waals surface area contributed by atoms with Crippen LogP contribution in [0.4, 0.5) is 5.69 Å². The fourth-order valence-corrected chi connectivity index (χ4v) is 2.21. The average molecular weight is 268 g/mol. The molecule has 1 N–H and O–H groups in total. The summed E-state index contributed by atoms with van der Waals surface area (Å²) in [7, 11) is 1.67. The number of pyridine rings is 1. The lowest BCUT2D eigenvalue weighted by Crippen LogP contribution is -2.00. The first-order chi connectivity index (χ1) is 9.76. The maximum absolute atomic E-state index is 5.34.